The van der Waals surface area contributed by atoms with Gasteiger partial charge >= 0.3 is 0 Å². The smallest absolute Gasteiger partial charge is 0.128 e. The van der Waals surface area contributed by atoms with E-state index in [0.29, 0.717) is 12.5 Å². The Hall–Kier alpha value is -1.81. The van der Waals surface area contributed by atoms with E-state index in [0.717, 1.165) is 21.5 Å². The van der Waals surface area contributed by atoms with Crippen LogP contribution in [0.1, 0.15) is 19.4 Å². The van der Waals surface area contributed by atoms with Gasteiger partial charge in [0.05, 0.1) is 18.5 Å². The van der Waals surface area contributed by atoms with Crippen LogP contribution in [0.25, 0.3) is 0 Å². The first-order chi connectivity index (χ1) is 10.1. The average Bonchev–Trinajstić information content (AvgIpc) is 2.48. The molecule has 0 aliphatic heterocycles. The molecule has 0 bridgehead atoms. The van der Waals surface area contributed by atoms with Crippen LogP contribution in [0.4, 0.5) is 5.69 Å². The second-order valence-electron chi connectivity index (χ2n) is 5.12. The van der Waals surface area contributed by atoms with E-state index in [1.807, 2.05) is 48.5 Å². The van der Waals surface area contributed by atoms with Gasteiger partial charge in [-0.1, -0.05) is 41.9 Å². The van der Waals surface area contributed by atoms with Crippen molar-refractivity contribution in [3.63, 3.8) is 0 Å². The Morgan fingerprint density at radius 3 is 2.57 bits per heavy atom. The topological polar surface area (TPSA) is 33.6 Å². The summed E-state index contributed by atoms with van der Waals surface area (Å²) in [5.74, 6) is 1.35. The highest BCUT2D eigenvalue weighted by Crippen LogP contribution is 2.17. The van der Waals surface area contributed by atoms with Gasteiger partial charge in [0.25, 0.3) is 0 Å². The molecule has 0 fully saturated rings. The van der Waals surface area contributed by atoms with Crippen LogP contribution in [0.5, 0.6) is 5.75 Å². The summed E-state index contributed by atoms with van der Waals surface area (Å²) in [4.78, 5) is 0. The maximum atomic E-state index is 5.79. The zero-order valence-electron chi connectivity index (χ0n) is 12.2. The number of nitrogens with zero attached hydrogens (tertiary/aromatic N) is 1. The van der Waals surface area contributed by atoms with Crippen molar-refractivity contribution in [2.75, 3.05) is 12.0 Å². The Labute approximate surface area is 134 Å². The van der Waals surface area contributed by atoms with Crippen LogP contribution in [-0.2, 0) is 0 Å². The van der Waals surface area contributed by atoms with Gasteiger partial charge in [0, 0.05) is 10.0 Å². The molecule has 0 unspecified atom stereocenters. The van der Waals surface area contributed by atoms with E-state index < -0.39 is 0 Å². The van der Waals surface area contributed by atoms with Crippen molar-refractivity contribution in [1.29, 1.82) is 0 Å². The molecule has 0 aromatic heterocycles. The van der Waals surface area contributed by atoms with E-state index in [1.165, 1.54) is 0 Å². The molecule has 0 saturated heterocycles. The Morgan fingerprint density at radius 2 is 1.86 bits per heavy atom. The lowest BCUT2D eigenvalue weighted by Gasteiger charge is -2.10. The second-order valence-corrected chi connectivity index (χ2v) is 6.04. The van der Waals surface area contributed by atoms with Crippen molar-refractivity contribution in [3.8, 4) is 5.75 Å². The predicted molar refractivity (Wildman–Crippen MR) is 92.1 cm³/mol. The largest absolute Gasteiger partial charge is 0.493 e. The average molecular weight is 347 g/mol. The van der Waals surface area contributed by atoms with Crippen LogP contribution in [0.2, 0.25) is 0 Å². The third-order valence-corrected chi connectivity index (χ3v) is 3.26. The Bertz CT molecular complexity index is 594. The van der Waals surface area contributed by atoms with E-state index in [1.54, 1.807) is 6.21 Å². The van der Waals surface area contributed by atoms with Gasteiger partial charge in [-0.15, -0.1) is 0 Å². The van der Waals surface area contributed by atoms with Gasteiger partial charge in [0.2, 0.25) is 0 Å². The number of nitrogens with one attached hydrogen (secondary N) is 1. The molecule has 2 aromatic carbocycles. The molecule has 0 aliphatic rings. The Balaban J connectivity index is 2.01. The third kappa shape index (κ3) is 5.23. The van der Waals surface area contributed by atoms with Crippen LogP contribution >= 0.6 is 15.9 Å². The molecule has 0 amide bonds. The van der Waals surface area contributed by atoms with E-state index in [4.69, 9.17) is 4.74 Å². The van der Waals surface area contributed by atoms with E-state index in [2.05, 4.69) is 40.3 Å². The van der Waals surface area contributed by atoms with Gasteiger partial charge in [0.15, 0.2) is 0 Å². The molecule has 21 heavy (non-hydrogen) atoms. The first kappa shape index (κ1) is 15.6. The van der Waals surface area contributed by atoms with E-state index >= 15 is 0 Å². The van der Waals surface area contributed by atoms with Gasteiger partial charge in [-0.05, 0) is 42.3 Å². The number of hydrazone groups is 1. The molecular weight excluding hydrogens is 328 g/mol. The van der Waals surface area contributed by atoms with Crippen LogP contribution in [0, 0.1) is 5.92 Å². The summed E-state index contributed by atoms with van der Waals surface area (Å²) in [5, 5.41) is 4.26. The monoisotopic (exact) mass is 346 g/mol. The zero-order valence-corrected chi connectivity index (χ0v) is 13.8. The second kappa shape index (κ2) is 7.84. The third-order valence-electron chi connectivity index (χ3n) is 2.73. The fourth-order valence-corrected chi connectivity index (χ4v) is 1.94. The maximum absolute atomic E-state index is 5.79. The standard InChI is InChI=1S/C17H19BrN2O/c1-13(2)12-21-17-6-4-3-5-14(17)11-19-20-16-9-7-15(18)8-10-16/h3-11,13,20H,12H2,1-2H3/b19-11-. The summed E-state index contributed by atoms with van der Waals surface area (Å²) in [6, 6.07) is 15.8. The summed E-state index contributed by atoms with van der Waals surface area (Å²) < 4.78 is 6.84. The number of hydrogen-bond acceptors (Lipinski definition) is 3. The van der Waals surface area contributed by atoms with E-state index in [9.17, 15) is 0 Å². The molecule has 3 nitrogen and oxygen atoms in total. The molecule has 2 rings (SSSR count). The van der Waals surface area contributed by atoms with Crippen LogP contribution in [-0.4, -0.2) is 12.8 Å². The maximum Gasteiger partial charge on any atom is 0.128 e. The number of halogens is 1. The molecule has 0 spiro atoms. The van der Waals surface area contributed by atoms with Crippen molar-refractivity contribution < 1.29 is 4.74 Å². The van der Waals surface area contributed by atoms with Crippen molar-refractivity contribution in [2.24, 2.45) is 11.0 Å². The fraction of sp³-hybridized carbons (Fsp3) is 0.235. The number of para-hydroxylation sites is 1. The Kier molecular flexibility index (Phi) is 5.81. The molecule has 1 N–H and O–H groups in total. The minimum atomic E-state index is 0.496. The highest BCUT2D eigenvalue weighted by Gasteiger charge is 2.01. The van der Waals surface area contributed by atoms with Crippen molar-refractivity contribution in [2.45, 2.75) is 13.8 Å². The molecule has 0 radical (unpaired) electrons. The van der Waals surface area contributed by atoms with Gasteiger partial charge in [0.1, 0.15) is 5.75 Å². The predicted octanol–water partition coefficient (Wildman–Crippen LogP) is 4.93. The summed E-state index contributed by atoms with van der Waals surface area (Å²) in [7, 11) is 0. The highest BCUT2D eigenvalue weighted by molar-refractivity contribution is 9.10. The highest BCUT2D eigenvalue weighted by atomic mass is 79.9. The van der Waals surface area contributed by atoms with Crippen LogP contribution in [0.15, 0.2) is 58.1 Å². The molecule has 110 valence electrons. The number of benzene rings is 2. The SMILES string of the molecule is CC(C)COc1ccccc1/C=N\Nc1ccc(Br)cc1. The van der Waals surface area contributed by atoms with Crippen molar-refractivity contribution in [1.82, 2.24) is 0 Å². The summed E-state index contributed by atoms with van der Waals surface area (Å²) in [6.45, 7) is 4.96. The summed E-state index contributed by atoms with van der Waals surface area (Å²) in [5.41, 5.74) is 4.91. The quantitative estimate of drug-likeness (QED) is 0.594. The van der Waals surface area contributed by atoms with Crippen molar-refractivity contribution in [3.05, 3.63) is 58.6 Å². The van der Waals surface area contributed by atoms with E-state index in [-0.39, 0.29) is 0 Å². The lowest BCUT2D eigenvalue weighted by atomic mass is 10.2. The number of rotatable bonds is 6. The van der Waals surface area contributed by atoms with Gasteiger partial charge < -0.3 is 4.74 Å². The summed E-state index contributed by atoms with van der Waals surface area (Å²) >= 11 is 3.41. The first-order valence-corrected chi connectivity index (χ1v) is 7.71. The Morgan fingerprint density at radius 1 is 1.14 bits per heavy atom. The number of hydrogen-bond donors (Lipinski definition) is 1. The van der Waals surface area contributed by atoms with Crippen LogP contribution < -0.4 is 10.2 Å². The molecular formula is C17H19BrN2O. The van der Waals surface area contributed by atoms with Gasteiger partial charge in [-0.25, -0.2) is 0 Å². The molecule has 0 saturated carbocycles. The minimum Gasteiger partial charge on any atom is -0.493 e. The fourth-order valence-electron chi connectivity index (χ4n) is 1.68. The lowest BCUT2D eigenvalue weighted by Crippen LogP contribution is -2.06. The van der Waals surface area contributed by atoms with Crippen molar-refractivity contribution >= 4 is 27.8 Å². The molecule has 0 atom stereocenters. The molecule has 4 heteroatoms. The molecule has 0 aliphatic carbocycles. The summed E-state index contributed by atoms with van der Waals surface area (Å²) in [6.07, 6.45) is 1.78. The molecule has 2 aromatic rings. The van der Waals surface area contributed by atoms with Crippen LogP contribution in [0.3, 0.4) is 0 Å². The van der Waals surface area contributed by atoms with Gasteiger partial charge in [-0.3, -0.25) is 5.43 Å². The lowest BCUT2D eigenvalue weighted by molar-refractivity contribution is 0.271. The zero-order chi connectivity index (χ0) is 15.1. The normalized spacial score (nSPS) is 11.0. The first-order valence-electron chi connectivity index (χ1n) is 6.91. The van der Waals surface area contributed by atoms with Gasteiger partial charge in [-0.2, -0.15) is 5.10 Å². The molecule has 0 heterocycles. The number of ether oxygens (including phenoxy) is 1. The number of anilines is 1. The minimum absolute atomic E-state index is 0.496.